The van der Waals surface area contributed by atoms with Gasteiger partial charge >= 0.3 is 0 Å². The number of fused-ring (bicyclic) bond motifs is 1. The molecule has 2 aliphatic heterocycles. The number of nitrogen functional groups attached to an aromatic ring is 1. The van der Waals surface area contributed by atoms with Crippen molar-refractivity contribution in [1.82, 2.24) is 0 Å². The molecule has 3 N–H and O–H groups in total. The first-order valence-corrected chi connectivity index (χ1v) is 7.55. The molecule has 2 aliphatic rings. The molecule has 1 atom stereocenters. The Morgan fingerprint density at radius 3 is 2.90 bits per heavy atom. The van der Waals surface area contributed by atoms with Gasteiger partial charge in [-0.05, 0) is 42.9 Å². The van der Waals surface area contributed by atoms with E-state index < -0.39 is 0 Å². The van der Waals surface area contributed by atoms with Crippen molar-refractivity contribution in [2.75, 3.05) is 22.5 Å². The normalized spacial score (nSPS) is 22.1. The lowest BCUT2D eigenvalue weighted by Crippen LogP contribution is -2.34. The summed E-state index contributed by atoms with van der Waals surface area (Å²) in [7, 11) is 0. The Balaban J connectivity index is 1.97. The summed E-state index contributed by atoms with van der Waals surface area (Å²) in [6.45, 7) is 5.58. The summed E-state index contributed by atoms with van der Waals surface area (Å²) in [5.41, 5.74) is 10.3. The van der Waals surface area contributed by atoms with Gasteiger partial charge in [0.05, 0.1) is 11.4 Å². The van der Waals surface area contributed by atoms with Crippen molar-refractivity contribution in [2.45, 2.75) is 45.6 Å². The van der Waals surface area contributed by atoms with Gasteiger partial charge < -0.3 is 16.0 Å². The molecule has 0 radical (unpaired) electrons. The quantitative estimate of drug-likeness (QED) is 0.815. The van der Waals surface area contributed by atoms with Crippen molar-refractivity contribution in [3.8, 4) is 0 Å². The Kier molecular flexibility index (Phi) is 3.32. The molecule has 0 aliphatic carbocycles. The number of hydrogen-bond donors (Lipinski definition) is 2. The summed E-state index contributed by atoms with van der Waals surface area (Å²) in [5, 5.41) is 2.97. The van der Waals surface area contributed by atoms with Crippen LogP contribution in [0.1, 0.15) is 38.7 Å². The fourth-order valence-corrected chi connectivity index (χ4v) is 3.47. The second kappa shape index (κ2) is 5.00. The Labute approximate surface area is 120 Å². The van der Waals surface area contributed by atoms with Crippen LogP contribution in [0.2, 0.25) is 0 Å². The highest BCUT2D eigenvalue weighted by Crippen LogP contribution is 2.38. The number of hydrogen-bond acceptors (Lipinski definition) is 3. The summed E-state index contributed by atoms with van der Waals surface area (Å²) >= 11 is 0. The van der Waals surface area contributed by atoms with Gasteiger partial charge in [0, 0.05) is 24.7 Å². The van der Waals surface area contributed by atoms with Crippen molar-refractivity contribution in [1.29, 1.82) is 0 Å². The standard InChI is InChI=1S/C16H23N3O/c1-10(2)14-4-3-7-19(14)15-9-13-11(8-12(15)17)5-6-16(20)18-13/h8-10,14H,3-7,17H2,1-2H3,(H,18,20). The molecule has 1 aromatic carbocycles. The predicted molar refractivity (Wildman–Crippen MR) is 83.0 cm³/mol. The number of nitrogens with zero attached hydrogens (tertiary/aromatic N) is 1. The minimum Gasteiger partial charge on any atom is -0.397 e. The van der Waals surface area contributed by atoms with E-state index in [0.29, 0.717) is 18.4 Å². The lowest BCUT2D eigenvalue weighted by atomic mass is 9.98. The largest absolute Gasteiger partial charge is 0.397 e. The predicted octanol–water partition coefficient (Wildman–Crippen LogP) is 2.78. The first-order valence-electron chi connectivity index (χ1n) is 7.55. The summed E-state index contributed by atoms with van der Waals surface area (Å²) in [4.78, 5) is 14.0. The van der Waals surface area contributed by atoms with Crippen molar-refractivity contribution in [3.63, 3.8) is 0 Å². The average Bonchev–Trinajstić information content (AvgIpc) is 2.87. The molecule has 1 aromatic rings. The number of nitrogens with one attached hydrogen (secondary N) is 1. The smallest absolute Gasteiger partial charge is 0.224 e. The monoisotopic (exact) mass is 273 g/mol. The van der Waals surface area contributed by atoms with Gasteiger partial charge in [-0.3, -0.25) is 4.79 Å². The first-order chi connectivity index (χ1) is 9.56. The maximum absolute atomic E-state index is 11.6. The molecule has 20 heavy (non-hydrogen) atoms. The first kappa shape index (κ1) is 13.3. The van der Waals surface area contributed by atoms with Gasteiger partial charge in [0.15, 0.2) is 0 Å². The topological polar surface area (TPSA) is 58.4 Å². The van der Waals surface area contributed by atoms with E-state index in [9.17, 15) is 4.79 Å². The van der Waals surface area contributed by atoms with Gasteiger partial charge in [-0.1, -0.05) is 13.8 Å². The number of nitrogens with two attached hydrogens (primary N) is 1. The minimum atomic E-state index is 0.107. The lowest BCUT2D eigenvalue weighted by Gasteiger charge is -2.32. The molecule has 1 amide bonds. The van der Waals surface area contributed by atoms with Crippen molar-refractivity contribution < 1.29 is 4.79 Å². The van der Waals surface area contributed by atoms with Gasteiger partial charge in [0.25, 0.3) is 0 Å². The van der Waals surface area contributed by atoms with E-state index >= 15 is 0 Å². The van der Waals surface area contributed by atoms with E-state index in [0.717, 1.165) is 35.6 Å². The molecule has 0 aromatic heterocycles. The molecule has 1 fully saturated rings. The van der Waals surface area contributed by atoms with Crippen LogP contribution in [-0.4, -0.2) is 18.5 Å². The Bertz CT molecular complexity index is 539. The number of aryl methyl sites for hydroxylation is 1. The van der Waals surface area contributed by atoms with E-state index in [1.165, 1.54) is 12.8 Å². The molecule has 4 nitrogen and oxygen atoms in total. The highest BCUT2D eigenvalue weighted by atomic mass is 16.1. The van der Waals surface area contributed by atoms with Gasteiger partial charge in [-0.15, -0.1) is 0 Å². The van der Waals surface area contributed by atoms with Crippen LogP contribution >= 0.6 is 0 Å². The highest BCUT2D eigenvalue weighted by Gasteiger charge is 2.29. The van der Waals surface area contributed by atoms with Gasteiger partial charge in [-0.25, -0.2) is 0 Å². The zero-order chi connectivity index (χ0) is 14.3. The van der Waals surface area contributed by atoms with E-state index in [-0.39, 0.29) is 5.91 Å². The third-order valence-corrected chi connectivity index (χ3v) is 4.53. The number of carbonyl (C=O) groups excluding carboxylic acids is 1. The highest BCUT2D eigenvalue weighted by molar-refractivity contribution is 5.95. The maximum atomic E-state index is 11.6. The average molecular weight is 273 g/mol. The molecular weight excluding hydrogens is 250 g/mol. The van der Waals surface area contributed by atoms with E-state index in [2.05, 4.69) is 30.1 Å². The maximum Gasteiger partial charge on any atom is 0.224 e. The van der Waals surface area contributed by atoms with Crippen LogP contribution in [0, 0.1) is 5.92 Å². The summed E-state index contributed by atoms with van der Waals surface area (Å²) in [6.07, 6.45) is 3.79. The number of amides is 1. The zero-order valence-corrected chi connectivity index (χ0v) is 12.3. The van der Waals surface area contributed by atoms with Crippen LogP contribution in [0.3, 0.4) is 0 Å². The second-order valence-corrected chi connectivity index (χ2v) is 6.26. The molecule has 1 unspecified atom stereocenters. The Morgan fingerprint density at radius 2 is 2.15 bits per heavy atom. The minimum absolute atomic E-state index is 0.107. The fraction of sp³-hybridized carbons (Fsp3) is 0.562. The summed E-state index contributed by atoms with van der Waals surface area (Å²) in [6, 6.07) is 4.66. The van der Waals surface area contributed by atoms with E-state index in [1.54, 1.807) is 0 Å². The summed E-state index contributed by atoms with van der Waals surface area (Å²) < 4.78 is 0. The molecule has 0 bridgehead atoms. The number of rotatable bonds is 2. The molecule has 2 heterocycles. The Morgan fingerprint density at radius 1 is 1.35 bits per heavy atom. The fourth-order valence-electron chi connectivity index (χ4n) is 3.47. The molecule has 4 heteroatoms. The second-order valence-electron chi connectivity index (χ2n) is 6.26. The van der Waals surface area contributed by atoms with Crippen molar-refractivity contribution >= 4 is 23.0 Å². The van der Waals surface area contributed by atoms with Crippen LogP contribution < -0.4 is 16.0 Å². The lowest BCUT2D eigenvalue weighted by molar-refractivity contribution is -0.116. The third-order valence-electron chi connectivity index (χ3n) is 4.53. The molecule has 1 saturated heterocycles. The summed E-state index contributed by atoms with van der Waals surface area (Å²) in [5.74, 6) is 0.720. The van der Waals surface area contributed by atoms with E-state index in [1.807, 2.05) is 6.07 Å². The van der Waals surface area contributed by atoms with Crippen LogP contribution in [0.5, 0.6) is 0 Å². The number of benzene rings is 1. The van der Waals surface area contributed by atoms with Crippen molar-refractivity contribution in [3.05, 3.63) is 17.7 Å². The zero-order valence-electron chi connectivity index (χ0n) is 12.3. The van der Waals surface area contributed by atoms with Crippen LogP contribution in [0.4, 0.5) is 17.1 Å². The van der Waals surface area contributed by atoms with Gasteiger partial charge in [0.2, 0.25) is 5.91 Å². The SMILES string of the molecule is CC(C)C1CCCN1c1cc2c(cc1N)CCC(=O)N2. The van der Waals surface area contributed by atoms with Gasteiger partial charge in [-0.2, -0.15) is 0 Å². The van der Waals surface area contributed by atoms with E-state index in [4.69, 9.17) is 5.73 Å². The molecular formula is C16H23N3O. The van der Waals surface area contributed by atoms with Gasteiger partial charge in [0.1, 0.15) is 0 Å². The molecule has 0 saturated carbocycles. The van der Waals surface area contributed by atoms with Crippen LogP contribution in [0.15, 0.2) is 12.1 Å². The third kappa shape index (κ3) is 2.23. The molecule has 108 valence electrons. The van der Waals surface area contributed by atoms with Crippen LogP contribution in [-0.2, 0) is 11.2 Å². The van der Waals surface area contributed by atoms with Crippen molar-refractivity contribution in [2.24, 2.45) is 5.92 Å². The number of carbonyl (C=O) groups is 1. The Hall–Kier alpha value is -1.71. The molecule has 0 spiro atoms. The number of anilines is 3. The molecule has 3 rings (SSSR count). The van der Waals surface area contributed by atoms with Crippen LogP contribution in [0.25, 0.3) is 0 Å².